The van der Waals surface area contributed by atoms with Crippen molar-refractivity contribution in [2.45, 2.75) is 42.6 Å². The van der Waals surface area contributed by atoms with Crippen molar-refractivity contribution in [2.24, 2.45) is 0 Å². The summed E-state index contributed by atoms with van der Waals surface area (Å²) in [7, 11) is -3.55. The molecule has 1 unspecified atom stereocenters. The van der Waals surface area contributed by atoms with Crippen molar-refractivity contribution in [2.75, 3.05) is 12.9 Å². The van der Waals surface area contributed by atoms with Crippen LogP contribution in [0.4, 0.5) is 0 Å². The second kappa shape index (κ2) is 9.95. The van der Waals surface area contributed by atoms with E-state index in [1.807, 2.05) is 37.4 Å². The number of rotatable bonds is 9. The Labute approximate surface area is 171 Å². The number of sulfonamides is 1. The minimum Gasteiger partial charge on any atom is -0.484 e. The van der Waals surface area contributed by atoms with Gasteiger partial charge in [0.2, 0.25) is 10.0 Å². The SMILES string of the molecule is CSc1ccc(C(C)NC(=O)COc2ccc(S(=O)(=O)NC(C)C)cc2)cc1. The van der Waals surface area contributed by atoms with Gasteiger partial charge in [0.1, 0.15) is 5.75 Å². The highest BCUT2D eigenvalue weighted by atomic mass is 32.2. The van der Waals surface area contributed by atoms with Gasteiger partial charge < -0.3 is 10.1 Å². The quantitative estimate of drug-likeness (QED) is 0.606. The average Bonchev–Trinajstić information content (AvgIpc) is 2.65. The lowest BCUT2D eigenvalue weighted by Gasteiger charge is -2.15. The third-order valence-corrected chi connectivity index (χ3v) is 6.31. The van der Waals surface area contributed by atoms with Crippen LogP contribution < -0.4 is 14.8 Å². The van der Waals surface area contributed by atoms with E-state index in [0.717, 1.165) is 5.56 Å². The maximum Gasteiger partial charge on any atom is 0.258 e. The summed E-state index contributed by atoms with van der Waals surface area (Å²) in [5, 5.41) is 2.88. The van der Waals surface area contributed by atoms with Crippen LogP contribution >= 0.6 is 11.8 Å². The smallest absolute Gasteiger partial charge is 0.258 e. The van der Waals surface area contributed by atoms with E-state index in [1.165, 1.54) is 29.2 Å². The summed E-state index contributed by atoms with van der Waals surface area (Å²) in [5.74, 6) is 0.176. The fourth-order valence-electron chi connectivity index (χ4n) is 2.50. The van der Waals surface area contributed by atoms with Gasteiger partial charge in [-0.25, -0.2) is 13.1 Å². The van der Waals surface area contributed by atoms with Crippen LogP contribution in [-0.4, -0.2) is 33.2 Å². The molecule has 0 bridgehead atoms. The maximum absolute atomic E-state index is 12.1. The van der Waals surface area contributed by atoms with Crippen molar-refractivity contribution in [3.63, 3.8) is 0 Å². The lowest BCUT2D eigenvalue weighted by molar-refractivity contribution is -0.123. The van der Waals surface area contributed by atoms with Gasteiger partial charge in [-0.05, 0) is 69.0 Å². The van der Waals surface area contributed by atoms with E-state index in [2.05, 4.69) is 10.0 Å². The molecular formula is C20H26N2O4S2. The van der Waals surface area contributed by atoms with Crippen LogP contribution in [0, 0.1) is 0 Å². The number of thioether (sulfide) groups is 1. The summed E-state index contributed by atoms with van der Waals surface area (Å²) < 4.78 is 32.2. The van der Waals surface area contributed by atoms with Crippen molar-refractivity contribution in [3.8, 4) is 5.75 Å². The monoisotopic (exact) mass is 422 g/mol. The highest BCUT2D eigenvalue weighted by Gasteiger charge is 2.15. The molecule has 0 spiro atoms. The van der Waals surface area contributed by atoms with Crippen LogP contribution in [0.25, 0.3) is 0 Å². The van der Waals surface area contributed by atoms with E-state index in [9.17, 15) is 13.2 Å². The lowest BCUT2D eigenvalue weighted by atomic mass is 10.1. The van der Waals surface area contributed by atoms with Gasteiger partial charge in [0.15, 0.2) is 6.61 Å². The summed E-state index contributed by atoms with van der Waals surface area (Å²) in [6.45, 7) is 5.27. The number of amides is 1. The van der Waals surface area contributed by atoms with Crippen LogP contribution in [-0.2, 0) is 14.8 Å². The molecule has 2 rings (SSSR count). The first-order chi connectivity index (χ1) is 13.2. The fourth-order valence-corrected chi connectivity index (χ4v) is 4.16. The molecular weight excluding hydrogens is 396 g/mol. The Morgan fingerprint density at radius 1 is 1.04 bits per heavy atom. The molecule has 0 aliphatic rings. The zero-order valence-corrected chi connectivity index (χ0v) is 18.1. The second-order valence-corrected chi connectivity index (χ2v) is 9.19. The van der Waals surface area contributed by atoms with Gasteiger partial charge in [0.25, 0.3) is 5.91 Å². The lowest BCUT2D eigenvalue weighted by Crippen LogP contribution is -2.31. The van der Waals surface area contributed by atoms with Crippen LogP contribution in [0.2, 0.25) is 0 Å². The van der Waals surface area contributed by atoms with Gasteiger partial charge in [-0.2, -0.15) is 0 Å². The number of ether oxygens (including phenoxy) is 1. The normalized spacial score (nSPS) is 12.6. The number of carbonyl (C=O) groups is 1. The third kappa shape index (κ3) is 6.54. The van der Waals surface area contributed by atoms with E-state index >= 15 is 0 Å². The van der Waals surface area contributed by atoms with Gasteiger partial charge in [-0.15, -0.1) is 11.8 Å². The number of hydrogen-bond acceptors (Lipinski definition) is 5. The minimum absolute atomic E-state index is 0.137. The zero-order valence-electron chi connectivity index (χ0n) is 16.4. The summed E-state index contributed by atoms with van der Waals surface area (Å²) in [6, 6.07) is 13.7. The number of carbonyl (C=O) groups excluding carboxylic acids is 1. The first kappa shape index (κ1) is 22.3. The maximum atomic E-state index is 12.1. The number of hydrogen-bond donors (Lipinski definition) is 2. The molecule has 0 saturated carbocycles. The second-order valence-electron chi connectivity index (χ2n) is 6.60. The molecule has 152 valence electrons. The predicted molar refractivity (Wildman–Crippen MR) is 112 cm³/mol. The van der Waals surface area contributed by atoms with Crippen LogP contribution in [0.15, 0.2) is 58.3 Å². The van der Waals surface area contributed by atoms with Gasteiger partial charge in [0.05, 0.1) is 10.9 Å². The first-order valence-electron chi connectivity index (χ1n) is 8.90. The number of nitrogens with one attached hydrogen (secondary N) is 2. The summed E-state index contributed by atoms with van der Waals surface area (Å²) >= 11 is 1.67. The molecule has 0 fully saturated rings. The highest BCUT2D eigenvalue weighted by molar-refractivity contribution is 7.98. The van der Waals surface area contributed by atoms with E-state index in [4.69, 9.17) is 4.74 Å². The summed E-state index contributed by atoms with van der Waals surface area (Å²) in [5.41, 5.74) is 1.01. The largest absolute Gasteiger partial charge is 0.484 e. The molecule has 0 heterocycles. The van der Waals surface area contributed by atoms with Crippen molar-refractivity contribution >= 4 is 27.7 Å². The fraction of sp³-hybridized carbons (Fsp3) is 0.350. The summed E-state index contributed by atoms with van der Waals surface area (Å²) in [6.07, 6.45) is 2.01. The molecule has 28 heavy (non-hydrogen) atoms. The molecule has 6 nitrogen and oxygen atoms in total. The van der Waals surface area contributed by atoms with E-state index < -0.39 is 10.0 Å². The molecule has 1 amide bonds. The Kier molecular flexibility index (Phi) is 7.91. The molecule has 2 N–H and O–H groups in total. The molecule has 0 aliphatic carbocycles. The van der Waals surface area contributed by atoms with E-state index in [-0.39, 0.29) is 29.5 Å². The van der Waals surface area contributed by atoms with Crippen molar-refractivity contribution in [3.05, 3.63) is 54.1 Å². The molecule has 1 atom stereocenters. The van der Waals surface area contributed by atoms with Crippen molar-refractivity contribution in [1.82, 2.24) is 10.0 Å². The average molecular weight is 423 g/mol. The molecule has 2 aromatic rings. The van der Waals surface area contributed by atoms with Crippen LogP contribution in [0.5, 0.6) is 5.75 Å². The third-order valence-electron chi connectivity index (χ3n) is 3.89. The molecule has 0 radical (unpaired) electrons. The highest BCUT2D eigenvalue weighted by Crippen LogP contribution is 2.19. The van der Waals surface area contributed by atoms with Crippen LogP contribution in [0.3, 0.4) is 0 Å². The molecule has 2 aromatic carbocycles. The minimum atomic E-state index is -3.55. The standard InChI is InChI=1S/C20H26N2O4S2/c1-14(2)22-28(24,25)19-11-7-17(8-12-19)26-13-20(23)21-15(3)16-5-9-18(27-4)10-6-16/h5-12,14-15,22H,13H2,1-4H3,(H,21,23). The van der Waals surface area contributed by atoms with Gasteiger partial charge >= 0.3 is 0 Å². The van der Waals surface area contributed by atoms with Crippen molar-refractivity contribution < 1.29 is 17.9 Å². The van der Waals surface area contributed by atoms with Gasteiger partial charge in [-0.1, -0.05) is 12.1 Å². The topological polar surface area (TPSA) is 84.5 Å². The Bertz CT molecular complexity index is 879. The van der Waals surface area contributed by atoms with Gasteiger partial charge in [0, 0.05) is 10.9 Å². The van der Waals surface area contributed by atoms with E-state index in [0.29, 0.717) is 5.75 Å². The Hall–Kier alpha value is -2.03. The Balaban J connectivity index is 1.88. The van der Waals surface area contributed by atoms with Gasteiger partial charge in [-0.3, -0.25) is 4.79 Å². The van der Waals surface area contributed by atoms with Crippen LogP contribution in [0.1, 0.15) is 32.4 Å². The Morgan fingerprint density at radius 3 is 2.18 bits per heavy atom. The molecule has 0 saturated heterocycles. The molecule has 8 heteroatoms. The summed E-state index contributed by atoms with van der Waals surface area (Å²) in [4.78, 5) is 13.4. The van der Waals surface area contributed by atoms with E-state index in [1.54, 1.807) is 25.6 Å². The van der Waals surface area contributed by atoms with Crippen molar-refractivity contribution in [1.29, 1.82) is 0 Å². The zero-order chi connectivity index (χ0) is 20.7. The molecule has 0 aromatic heterocycles. The predicted octanol–water partition coefficient (Wildman–Crippen LogP) is 3.35. The molecule has 0 aliphatic heterocycles. The number of benzene rings is 2. The first-order valence-corrected chi connectivity index (χ1v) is 11.6. The Morgan fingerprint density at radius 2 is 1.64 bits per heavy atom.